The zero-order valence-corrected chi connectivity index (χ0v) is 10.8. The summed E-state index contributed by atoms with van der Waals surface area (Å²) >= 11 is 0. The summed E-state index contributed by atoms with van der Waals surface area (Å²) < 4.78 is 2.13. The van der Waals surface area contributed by atoms with Crippen molar-refractivity contribution in [2.75, 3.05) is 0 Å². The van der Waals surface area contributed by atoms with Gasteiger partial charge in [0.1, 0.15) is 0 Å². The van der Waals surface area contributed by atoms with Crippen LogP contribution in [0.4, 0.5) is 0 Å². The first-order valence-electron chi connectivity index (χ1n) is 6.51. The zero-order chi connectivity index (χ0) is 12.6. The highest BCUT2D eigenvalue weighted by Crippen LogP contribution is 2.06. The Hall–Kier alpha value is -1.89. The molecule has 18 heavy (non-hydrogen) atoms. The van der Waals surface area contributed by atoms with Gasteiger partial charge in [-0.2, -0.15) is 0 Å². The predicted molar refractivity (Wildman–Crippen MR) is 75.3 cm³/mol. The van der Waals surface area contributed by atoms with E-state index in [1.165, 1.54) is 17.5 Å². The molecule has 0 saturated carbocycles. The Morgan fingerprint density at radius 2 is 1.50 bits per heavy atom. The third kappa shape index (κ3) is 3.85. The van der Waals surface area contributed by atoms with E-state index in [4.69, 9.17) is 0 Å². The Labute approximate surface area is 109 Å². The molecule has 0 spiro atoms. The van der Waals surface area contributed by atoms with Crippen molar-refractivity contribution in [3.63, 3.8) is 0 Å². The van der Waals surface area contributed by atoms with Gasteiger partial charge >= 0.3 is 0 Å². The van der Waals surface area contributed by atoms with Crippen LogP contribution in [0.15, 0.2) is 67.5 Å². The van der Waals surface area contributed by atoms with Gasteiger partial charge in [0.05, 0.1) is 0 Å². The molecule has 2 aromatic rings. The van der Waals surface area contributed by atoms with Crippen LogP contribution < -0.4 is 4.57 Å². The normalized spacial score (nSPS) is 10.2. The summed E-state index contributed by atoms with van der Waals surface area (Å²) in [6.07, 6.45) is 9.66. The summed E-state index contributed by atoms with van der Waals surface area (Å²) in [6, 6.07) is 15.1. The van der Waals surface area contributed by atoms with E-state index < -0.39 is 0 Å². The van der Waals surface area contributed by atoms with Gasteiger partial charge in [-0.3, -0.25) is 0 Å². The van der Waals surface area contributed by atoms with Gasteiger partial charge in [0.25, 0.3) is 0 Å². The van der Waals surface area contributed by atoms with Gasteiger partial charge in [-0.05, 0) is 36.5 Å². The molecule has 1 heteroatoms. The summed E-state index contributed by atoms with van der Waals surface area (Å²) in [5, 5.41) is 0. The molecule has 0 bridgehead atoms. The lowest BCUT2D eigenvalue weighted by atomic mass is 10.1. The third-order valence-corrected chi connectivity index (χ3v) is 3.07. The molecule has 0 fully saturated rings. The number of nitrogens with zero attached hydrogens (tertiary/aromatic N) is 1. The van der Waals surface area contributed by atoms with Gasteiger partial charge < -0.3 is 0 Å². The minimum absolute atomic E-state index is 0.879. The monoisotopic (exact) mass is 238 g/mol. The van der Waals surface area contributed by atoms with E-state index in [1.807, 2.05) is 6.08 Å². The van der Waals surface area contributed by atoms with Crippen molar-refractivity contribution in [2.24, 2.45) is 0 Å². The molecule has 1 heterocycles. The van der Waals surface area contributed by atoms with Gasteiger partial charge in [0, 0.05) is 12.1 Å². The Morgan fingerprint density at radius 1 is 0.889 bits per heavy atom. The molecule has 0 aliphatic heterocycles. The van der Waals surface area contributed by atoms with Gasteiger partial charge in [-0.15, -0.1) is 0 Å². The average molecular weight is 238 g/mol. The topological polar surface area (TPSA) is 3.88 Å². The van der Waals surface area contributed by atoms with Gasteiger partial charge in [0.2, 0.25) is 0 Å². The summed E-state index contributed by atoms with van der Waals surface area (Å²) in [4.78, 5) is 0. The number of benzene rings is 1. The van der Waals surface area contributed by atoms with E-state index >= 15 is 0 Å². The van der Waals surface area contributed by atoms with E-state index in [1.54, 1.807) is 0 Å². The third-order valence-electron chi connectivity index (χ3n) is 3.07. The summed E-state index contributed by atoms with van der Waals surface area (Å²) in [7, 11) is 0. The first-order valence-corrected chi connectivity index (χ1v) is 6.51. The van der Waals surface area contributed by atoms with Crippen molar-refractivity contribution in [1.29, 1.82) is 0 Å². The van der Waals surface area contributed by atoms with Gasteiger partial charge in [-0.1, -0.05) is 36.9 Å². The molecule has 1 nitrogen and oxygen atoms in total. The van der Waals surface area contributed by atoms with Crippen molar-refractivity contribution in [3.8, 4) is 0 Å². The second kappa shape index (κ2) is 6.75. The van der Waals surface area contributed by atoms with E-state index in [9.17, 15) is 0 Å². The van der Waals surface area contributed by atoms with Gasteiger partial charge in [0.15, 0.2) is 18.9 Å². The number of allylic oxidation sites excluding steroid dienone is 1. The molecule has 0 saturated heterocycles. The lowest BCUT2D eigenvalue weighted by Gasteiger charge is -2.01. The number of aromatic nitrogens is 1. The van der Waals surface area contributed by atoms with E-state index in [-0.39, 0.29) is 0 Å². The summed E-state index contributed by atoms with van der Waals surface area (Å²) in [5.74, 6) is 0. The van der Waals surface area contributed by atoms with Crippen molar-refractivity contribution in [3.05, 3.63) is 78.6 Å². The molecule has 0 unspecified atom stereocenters. The van der Waals surface area contributed by atoms with Crippen LogP contribution in [0.1, 0.15) is 17.5 Å². The molecule has 0 N–H and O–H groups in total. The van der Waals surface area contributed by atoms with Crippen LogP contribution in [0.2, 0.25) is 0 Å². The fourth-order valence-electron chi connectivity index (χ4n) is 2.07. The molecule has 1 aromatic carbocycles. The number of hydrogen-bond acceptors (Lipinski definition) is 0. The van der Waals surface area contributed by atoms with Crippen molar-refractivity contribution in [2.45, 2.75) is 25.8 Å². The molecular weight excluding hydrogens is 218 g/mol. The van der Waals surface area contributed by atoms with Crippen molar-refractivity contribution >= 4 is 0 Å². The predicted octanol–water partition coefficient (Wildman–Crippen LogP) is 3.34. The second-order valence-corrected chi connectivity index (χ2v) is 4.53. The Morgan fingerprint density at radius 3 is 2.11 bits per heavy atom. The SMILES string of the molecule is C=CC[n+]1ccc(CCCc2ccccc2)cc1. The molecule has 2 rings (SSSR count). The molecule has 1 aromatic heterocycles. The maximum Gasteiger partial charge on any atom is 0.169 e. The highest BCUT2D eigenvalue weighted by Gasteiger charge is 1.99. The second-order valence-electron chi connectivity index (χ2n) is 4.53. The lowest BCUT2D eigenvalue weighted by Crippen LogP contribution is -2.31. The number of pyridine rings is 1. The first kappa shape index (κ1) is 12.6. The fourth-order valence-corrected chi connectivity index (χ4v) is 2.07. The summed E-state index contributed by atoms with van der Waals surface area (Å²) in [6.45, 7) is 4.62. The van der Waals surface area contributed by atoms with Crippen LogP contribution in [0.5, 0.6) is 0 Å². The quantitative estimate of drug-likeness (QED) is 0.537. The Balaban J connectivity index is 1.81. The van der Waals surface area contributed by atoms with Crippen LogP contribution in [-0.2, 0) is 19.4 Å². The first-order chi connectivity index (χ1) is 8.88. The van der Waals surface area contributed by atoms with Crippen LogP contribution in [0, 0.1) is 0 Å². The molecule has 0 atom stereocenters. The minimum Gasteiger partial charge on any atom is -0.201 e. The van der Waals surface area contributed by atoms with Crippen molar-refractivity contribution < 1.29 is 4.57 Å². The zero-order valence-electron chi connectivity index (χ0n) is 10.8. The van der Waals surface area contributed by atoms with Crippen LogP contribution in [0.25, 0.3) is 0 Å². The van der Waals surface area contributed by atoms with Crippen LogP contribution in [-0.4, -0.2) is 0 Å². The molecule has 0 amide bonds. The average Bonchev–Trinajstić information content (AvgIpc) is 2.42. The number of rotatable bonds is 6. The maximum atomic E-state index is 3.74. The standard InChI is InChI=1S/C17H20N/c1-2-13-18-14-11-17(12-15-18)10-6-9-16-7-4-3-5-8-16/h2-5,7-8,11-12,14-15H,1,6,9-10,13H2/q+1. The lowest BCUT2D eigenvalue weighted by molar-refractivity contribution is -0.687. The molecular formula is C17H20N+. The minimum atomic E-state index is 0.879. The largest absolute Gasteiger partial charge is 0.201 e. The molecule has 0 aliphatic rings. The van der Waals surface area contributed by atoms with Crippen LogP contribution >= 0.6 is 0 Å². The molecule has 92 valence electrons. The van der Waals surface area contributed by atoms with E-state index in [2.05, 4.69) is 66.0 Å². The maximum absolute atomic E-state index is 3.74. The van der Waals surface area contributed by atoms with E-state index in [0.717, 1.165) is 19.4 Å². The highest BCUT2D eigenvalue weighted by atomic mass is 14.9. The Kier molecular flexibility index (Phi) is 4.71. The Bertz CT molecular complexity index is 471. The van der Waals surface area contributed by atoms with Crippen molar-refractivity contribution in [1.82, 2.24) is 0 Å². The molecule has 0 radical (unpaired) electrons. The molecule has 0 aliphatic carbocycles. The fraction of sp³-hybridized carbons (Fsp3) is 0.235. The smallest absolute Gasteiger partial charge is 0.169 e. The summed E-state index contributed by atoms with van der Waals surface area (Å²) in [5.41, 5.74) is 2.83. The highest BCUT2D eigenvalue weighted by molar-refractivity contribution is 5.15. The number of hydrogen-bond donors (Lipinski definition) is 0. The van der Waals surface area contributed by atoms with E-state index in [0.29, 0.717) is 0 Å². The number of aryl methyl sites for hydroxylation is 2. The van der Waals surface area contributed by atoms with Crippen LogP contribution in [0.3, 0.4) is 0 Å². The van der Waals surface area contributed by atoms with Gasteiger partial charge in [-0.25, -0.2) is 4.57 Å².